The largest absolute Gasteiger partial charge is 0.461 e. The highest BCUT2D eigenvalue weighted by Gasteiger charge is 2.33. The van der Waals surface area contributed by atoms with Crippen molar-refractivity contribution in [2.45, 2.75) is 13.0 Å². The molecule has 0 aliphatic rings. The molecule has 0 N–H and O–H groups in total. The summed E-state index contributed by atoms with van der Waals surface area (Å²) in [6.45, 7) is 2.24. The van der Waals surface area contributed by atoms with Gasteiger partial charge < -0.3 is 4.74 Å². The zero-order valence-corrected chi connectivity index (χ0v) is 15.1. The quantitative estimate of drug-likeness (QED) is 0.314. The van der Waals surface area contributed by atoms with Crippen LogP contribution in [-0.4, -0.2) is 5.40 Å². The highest BCUT2D eigenvalue weighted by Crippen LogP contribution is 2.43. The van der Waals surface area contributed by atoms with E-state index in [2.05, 4.69) is 67.8 Å². The first-order valence-electron chi connectivity index (χ1n) is 4.68. The molecule has 88 valence electrons. The number of esters is 1. The fourth-order valence-corrected chi connectivity index (χ4v) is 1.75. The van der Waals surface area contributed by atoms with Crippen LogP contribution in [0.1, 0.15) is 12.5 Å². The Balaban J connectivity index is 2.48. The summed E-state index contributed by atoms with van der Waals surface area (Å²) in [7, 11) is 0. The lowest BCUT2D eigenvalue weighted by Gasteiger charge is -2.19. The van der Waals surface area contributed by atoms with E-state index >= 15 is 0 Å². The molecule has 2 nitrogen and oxygen atoms in total. The number of ether oxygens (including phenoxy) is 1. The van der Waals surface area contributed by atoms with Gasteiger partial charge >= 0.3 is 5.97 Å². The van der Waals surface area contributed by atoms with Crippen molar-refractivity contribution >= 4 is 73.7 Å². The zero-order valence-electron chi connectivity index (χ0n) is 8.62. The van der Waals surface area contributed by atoms with Crippen LogP contribution in [0.2, 0.25) is 0 Å². The summed E-state index contributed by atoms with van der Waals surface area (Å²) in [5, 5.41) is 0. The molecule has 0 saturated heterocycles. The average molecular weight is 556 g/mol. The van der Waals surface area contributed by atoms with E-state index in [4.69, 9.17) is 4.74 Å². The molecule has 0 radical (unpaired) electrons. The van der Waals surface area contributed by atoms with Gasteiger partial charge in [-0.3, -0.25) is 4.79 Å². The first kappa shape index (κ1) is 14.9. The van der Waals surface area contributed by atoms with Gasteiger partial charge in [-0.05, 0) is 12.5 Å². The van der Waals surface area contributed by atoms with Crippen molar-refractivity contribution in [1.82, 2.24) is 0 Å². The third-order valence-electron chi connectivity index (χ3n) is 2.07. The standard InChI is InChI=1S/C11H11I3O2/c1-8(11(12,13)14)10(15)16-7-9-5-3-2-4-6-9/h2-6,8H,7H2,1H3. The van der Waals surface area contributed by atoms with Crippen LogP contribution in [0, 0.1) is 5.92 Å². The van der Waals surface area contributed by atoms with Crippen molar-refractivity contribution in [1.29, 1.82) is 0 Å². The number of rotatable bonds is 4. The Morgan fingerprint density at radius 1 is 1.31 bits per heavy atom. The van der Waals surface area contributed by atoms with Crippen molar-refractivity contribution in [2.75, 3.05) is 0 Å². The van der Waals surface area contributed by atoms with Crippen molar-refractivity contribution in [2.24, 2.45) is 5.92 Å². The lowest BCUT2D eigenvalue weighted by Crippen LogP contribution is -2.25. The minimum absolute atomic E-state index is 0.127. The molecular weight excluding hydrogens is 545 g/mol. The van der Waals surface area contributed by atoms with E-state index in [0.717, 1.165) is 5.56 Å². The van der Waals surface area contributed by atoms with E-state index < -0.39 is 0 Å². The molecule has 0 saturated carbocycles. The molecule has 5 heteroatoms. The highest BCUT2D eigenvalue weighted by atomic mass is 127. The minimum atomic E-state index is -0.151. The van der Waals surface area contributed by atoms with Crippen molar-refractivity contribution in [3.05, 3.63) is 35.9 Å². The van der Waals surface area contributed by atoms with Gasteiger partial charge in [0.2, 0.25) is 0 Å². The monoisotopic (exact) mass is 556 g/mol. The molecule has 1 aromatic rings. The molecule has 1 unspecified atom stereocenters. The third kappa shape index (κ3) is 5.03. The normalized spacial score (nSPS) is 13.2. The predicted molar refractivity (Wildman–Crippen MR) is 90.2 cm³/mol. The van der Waals surface area contributed by atoms with E-state index in [1.54, 1.807) is 0 Å². The predicted octanol–water partition coefficient (Wildman–Crippen LogP) is 4.32. The number of halogens is 3. The van der Waals surface area contributed by atoms with Gasteiger partial charge in [0.15, 0.2) is 0 Å². The molecule has 1 rings (SSSR count). The topological polar surface area (TPSA) is 26.3 Å². The van der Waals surface area contributed by atoms with Crippen LogP contribution in [0.3, 0.4) is 0 Å². The molecule has 0 amide bonds. The van der Waals surface area contributed by atoms with Crippen LogP contribution in [0.25, 0.3) is 0 Å². The van der Waals surface area contributed by atoms with Crippen LogP contribution in [0.5, 0.6) is 0 Å². The summed E-state index contributed by atoms with van der Waals surface area (Å²) >= 11 is 6.73. The number of hydrogen-bond acceptors (Lipinski definition) is 2. The summed E-state index contributed by atoms with van der Waals surface area (Å²) in [5.74, 6) is -0.278. The summed E-state index contributed by atoms with van der Waals surface area (Å²) < 4.78 is 5.13. The van der Waals surface area contributed by atoms with Gasteiger partial charge in [0.05, 0.1) is 5.92 Å². The molecule has 0 fully saturated rings. The van der Waals surface area contributed by atoms with Crippen molar-refractivity contribution in [3.8, 4) is 0 Å². The molecule has 0 aromatic heterocycles. The second-order valence-electron chi connectivity index (χ2n) is 3.36. The second kappa shape index (κ2) is 6.72. The lowest BCUT2D eigenvalue weighted by atomic mass is 10.2. The molecule has 16 heavy (non-hydrogen) atoms. The summed E-state index contributed by atoms with van der Waals surface area (Å²) in [5.41, 5.74) is 1.02. The summed E-state index contributed by atoms with van der Waals surface area (Å²) in [4.78, 5) is 11.7. The molecule has 1 atom stereocenters. The van der Waals surface area contributed by atoms with E-state index in [1.165, 1.54) is 0 Å². The smallest absolute Gasteiger partial charge is 0.311 e. The van der Waals surface area contributed by atoms with Crippen LogP contribution in [0.4, 0.5) is 0 Å². The van der Waals surface area contributed by atoms with Crippen molar-refractivity contribution in [3.63, 3.8) is 0 Å². The maximum atomic E-state index is 11.7. The maximum Gasteiger partial charge on any atom is 0.311 e. The van der Waals surface area contributed by atoms with Gasteiger partial charge in [0.25, 0.3) is 0 Å². The summed E-state index contributed by atoms with van der Waals surface area (Å²) in [6, 6.07) is 9.71. The number of hydrogen-bond donors (Lipinski definition) is 0. The first-order valence-corrected chi connectivity index (χ1v) is 7.92. The maximum absolute atomic E-state index is 11.7. The van der Waals surface area contributed by atoms with Crippen LogP contribution < -0.4 is 0 Å². The third-order valence-corrected chi connectivity index (χ3v) is 4.87. The SMILES string of the molecule is CC(C(=O)OCc1ccccc1)C(I)(I)I. The van der Waals surface area contributed by atoms with Crippen LogP contribution in [-0.2, 0) is 16.1 Å². The van der Waals surface area contributed by atoms with E-state index in [0.29, 0.717) is 6.61 Å². The first-order chi connectivity index (χ1) is 7.41. The molecule has 0 bridgehead atoms. The highest BCUT2D eigenvalue weighted by molar-refractivity contribution is 14.3. The number of benzene rings is 1. The average Bonchev–Trinajstić information content (AvgIpc) is 2.25. The fourth-order valence-electron chi connectivity index (χ4n) is 0.987. The minimum Gasteiger partial charge on any atom is -0.461 e. The van der Waals surface area contributed by atoms with Gasteiger partial charge in [0.1, 0.15) is 6.04 Å². The molecule has 0 heterocycles. The Kier molecular flexibility index (Phi) is 6.27. The molecule has 0 spiro atoms. The Morgan fingerprint density at radius 2 is 1.88 bits per heavy atom. The molecule has 1 aromatic carbocycles. The zero-order chi connectivity index (χ0) is 12.2. The van der Waals surface area contributed by atoms with E-state index in [-0.39, 0.29) is 11.3 Å². The molecule has 0 aliphatic heterocycles. The number of carbonyl (C=O) groups is 1. The van der Waals surface area contributed by atoms with Gasteiger partial charge in [-0.25, -0.2) is 0 Å². The van der Waals surface area contributed by atoms with Gasteiger partial charge in [-0.2, -0.15) is 0 Å². The summed E-state index contributed by atoms with van der Waals surface area (Å²) in [6.07, 6.45) is 0. The Labute approximate surface area is 136 Å². The van der Waals surface area contributed by atoms with Crippen molar-refractivity contribution < 1.29 is 9.53 Å². The number of carbonyl (C=O) groups excluding carboxylic acids is 1. The van der Waals surface area contributed by atoms with E-state index in [9.17, 15) is 4.79 Å². The second-order valence-corrected chi connectivity index (χ2v) is 14.7. The molecular formula is C11H11I3O2. The Morgan fingerprint density at radius 3 is 2.38 bits per heavy atom. The molecule has 0 aliphatic carbocycles. The van der Waals surface area contributed by atoms with Gasteiger partial charge in [0, 0.05) is 0 Å². The fraction of sp³-hybridized carbons (Fsp3) is 0.364. The van der Waals surface area contributed by atoms with Crippen LogP contribution >= 0.6 is 67.8 Å². The number of alkyl halides is 3. The lowest BCUT2D eigenvalue weighted by molar-refractivity contribution is -0.148. The Hall–Kier alpha value is 0.880. The van der Waals surface area contributed by atoms with Crippen LogP contribution in [0.15, 0.2) is 30.3 Å². The van der Waals surface area contributed by atoms with Gasteiger partial charge in [-0.1, -0.05) is 98.1 Å². The van der Waals surface area contributed by atoms with Gasteiger partial charge in [-0.15, -0.1) is 0 Å². The Bertz CT molecular complexity index is 346. The van der Waals surface area contributed by atoms with E-state index in [1.807, 2.05) is 37.3 Å².